The van der Waals surface area contributed by atoms with Crippen LogP contribution < -0.4 is 25.7 Å². The number of piperazine rings is 1. The van der Waals surface area contributed by atoms with E-state index in [1.807, 2.05) is 30.3 Å². The summed E-state index contributed by atoms with van der Waals surface area (Å²) in [7, 11) is 0. The van der Waals surface area contributed by atoms with Gasteiger partial charge in [-0.2, -0.15) is 0 Å². The van der Waals surface area contributed by atoms with Crippen LogP contribution in [0.3, 0.4) is 0 Å². The number of nitrogens with two attached hydrogens (primary N) is 2. The van der Waals surface area contributed by atoms with Crippen molar-refractivity contribution in [3.63, 3.8) is 0 Å². The first kappa shape index (κ1) is 26.0. The molecule has 1 atom stereocenters. The summed E-state index contributed by atoms with van der Waals surface area (Å²) in [6.45, 7) is 7.46. The van der Waals surface area contributed by atoms with Gasteiger partial charge in [-0.1, -0.05) is 23.8 Å². The standard InChI is InChI=1S/C25H35N7O3S2/c26-21(20-3-1-2-4-23(20)35-37-36)15-22-25(27)28-16-19-17-31(10-11-32(19)22)18-5-8-30(9-6-18)12-14-33-24-7-13-34-29-24/h1-4,7,13,15,18-19,28,36H,5-6,8-12,14,16-17,26-27H2/b21-15-. The summed E-state index contributed by atoms with van der Waals surface area (Å²) in [5.74, 6) is 1.89. The van der Waals surface area contributed by atoms with Gasteiger partial charge in [0.15, 0.2) is 0 Å². The molecule has 10 nitrogen and oxygen atoms in total. The largest absolute Gasteiger partial charge is 0.474 e. The number of thiol groups is 1. The first-order chi connectivity index (χ1) is 18.1. The molecule has 5 N–H and O–H groups in total. The molecule has 200 valence electrons. The number of aromatic nitrogens is 1. The van der Waals surface area contributed by atoms with E-state index < -0.39 is 0 Å². The van der Waals surface area contributed by atoms with Crippen LogP contribution in [0.15, 0.2) is 58.7 Å². The lowest BCUT2D eigenvalue weighted by atomic mass is 9.99. The molecule has 0 amide bonds. The smallest absolute Gasteiger partial charge is 0.254 e. The zero-order valence-electron chi connectivity index (χ0n) is 20.8. The zero-order chi connectivity index (χ0) is 25.6. The van der Waals surface area contributed by atoms with E-state index in [-0.39, 0.29) is 0 Å². The van der Waals surface area contributed by atoms with Crippen LogP contribution in [-0.4, -0.2) is 84.4 Å². The van der Waals surface area contributed by atoms with Crippen molar-refractivity contribution in [2.45, 2.75) is 24.9 Å². The van der Waals surface area contributed by atoms with Crippen molar-refractivity contribution in [3.8, 4) is 11.6 Å². The van der Waals surface area contributed by atoms with Crippen LogP contribution in [0.4, 0.5) is 0 Å². The predicted molar refractivity (Wildman–Crippen MR) is 149 cm³/mol. The second-order valence-corrected chi connectivity index (χ2v) is 10.3. The molecule has 0 aliphatic carbocycles. The Hall–Kier alpha value is -2.67. The Kier molecular flexibility index (Phi) is 8.59. The monoisotopic (exact) mass is 545 g/mol. The van der Waals surface area contributed by atoms with Crippen molar-refractivity contribution < 1.29 is 13.4 Å². The fourth-order valence-electron chi connectivity index (χ4n) is 5.44. The van der Waals surface area contributed by atoms with Crippen LogP contribution >= 0.6 is 22.7 Å². The number of likely N-dealkylation sites (tertiary alicyclic amines) is 1. The van der Waals surface area contributed by atoms with Crippen LogP contribution in [0.1, 0.15) is 18.4 Å². The summed E-state index contributed by atoms with van der Waals surface area (Å²) in [4.78, 5) is 7.53. The summed E-state index contributed by atoms with van der Waals surface area (Å²) >= 11 is 5.11. The molecule has 4 heterocycles. The third kappa shape index (κ3) is 6.25. The third-order valence-electron chi connectivity index (χ3n) is 7.39. The summed E-state index contributed by atoms with van der Waals surface area (Å²) in [5, 5.41) is 7.20. The summed E-state index contributed by atoms with van der Waals surface area (Å²) in [6.07, 6.45) is 5.83. The van der Waals surface area contributed by atoms with Crippen molar-refractivity contribution in [3.05, 3.63) is 59.8 Å². The topological polar surface area (TPSA) is 118 Å². The number of hydrogen-bond donors (Lipinski definition) is 4. The van der Waals surface area contributed by atoms with Crippen LogP contribution in [0.5, 0.6) is 11.6 Å². The molecule has 0 saturated carbocycles. The normalized spacial score (nSPS) is 22.0. The van der Waals surface area contributed by atoms with Gasteiger partial charge in [-0.15, -0.1) is 0 Å². The highest BCUT2D eigenvalue weighted by atomic mass is 33.1. The van der Waals surface area contributed by atoms with Crippen molar-refractivity contribution in [2.75, 3.05) is 52.4 Å². The fraction of sp³-hybridized carbons (Fsp3) is 0.480. The van der Waals surface area contributed by atoms with E-state index in [1.54, 1.807) is 6.07 Å². The van der Waals surface area contributed by atoms with Gasteiger partial charge in [-0.25, -0.2) is 0 Å². The predicted octanol–water partition coefficient (Wildman–Crippen LogP) is 2.11. The molecule has 12 heteroatoms. The lowest BCUT2D eigenvalue weighted by Crippen LogP contribution is -2.61. The number of nitrogens with zero attached hydrogens (tertiary/aromatic N) is 4. The summed E-state index contributed by atoms with van der Waals surface area (Å²) < 4.78 is 16.0. The Labute approximate surface area is 227 Å². The number of allylic oxidation sites excluding steroid dienone is 1. The minimum absolute atomic E-state index is 0.341. The number of benzene rings is 1. The highest BCUT2D eigenvalue weighted by molar-refractivity contribution is 8.66. The second-order valence-electron chi connectivity index (χ2n) is 9.53. The molecule has 1 aromatic heterocycles. The van der Waals surface area contributed by atoms with Crippen molar-refractivity contribution >= 4 is 28.4 Å². The zero-order valence-corrected chi connectivity index (χ0v) is 22.5. The number of rotatable bonds is 9. The highest BCUT2D eigenvalue weighted by Gasteiger charge is 2.35. The lowest BCUT2D eigenvalue weighted by molar-refractivity contribution is 0.0351. The van der Waals surface area contributed by atoms with Gasteiger partial charge >= 0.3 is 0 Å². The second kappa shape index (κ2) is 12.2. The van der Waals surface area contributed by atoms with E-state index >= 15 is 0 Å². The van der Waals surface area contributed by atoms with Gasteiger partial charge in [-0.05, 0) is 49.3 Å². The van der Waals surface area contributed by atoms with E-state index in [9.17, 15) is 0 Å². The van der Waals surface area contributed by atoms with Gasteiger partial charge in [0.05, 0.1) is 11.7 Å². The Morgan fingerprint density at radius 2 is 2.03 bits per heavy atom. The average Bonchev–Trinajstić information content (AvgIpc) is 3.44. The number of piperidine rings is 1. The van der Waals surface area contributed by atoms with Crippen LogP contribution in [0.2, 0.25) is 0 Å². The van der Waals surface area contributed by atoms with Gasteiger partial charge < -0.3 is 35.1 Å². The van der Waals surface area contributed by atoms with Crippen LogP contribution in [0.25, 0.3) is 5.70 Å². The van der Waals surface area contributed by atoms with Gasteiger partial charge in [0.2, 0.25) is 0 Å². The quantitative estimate of drug-likeness (QED) is 0.211. The number of fused-ring (bicyclic) bond motifs is 1. The SMILES string of the molecule is NC1=C(/C=C(\N)c2ccccc2OSS)N2CCN(C3CCN(CCOc4ccon4)CC3)CC2CN1. The summed E-state index contributed by atoms with van der Waals surface area (Å²) in [6, 6.07) is 10.4. The molecule has 3 aliphatic rings. The van der Waals surface area contributed by atoms with Gasteiger partial charge in [0, 0.05) is 56.1 Å². The van der Waals surface area contributed by atoms with Crippen LogP contribution in [0, 0.1) is 0 Å². The van der Waals surface area contributed by atoms with E-state index in [0.717, 1.165) is 68.1 Å². The maximum Gasteiger partial charge on any atom is 0.254 e. The molecule has 0 radical (unpaired) electrons. The number of nitrogens with one attached hydrogen (secondary N) is 1. The molecule has 2 aromatic rings. The molecular formula is C25H35N7O3S2. The lowest BCUT2D eigenvalue weighted by Gasteiger charge is -2.49. The molecule has 2 fully saturated rings. The number of ether oxygens (including phenoxy) is 1. The fourth-order valence-corrected chi connectivity index (χ4v) is 5.91. The van der Waals surface area contributed by atoms with E-state index in [4.69, 9.17) is 24.9 Å². The van der Waals surface area contributed by atoms with Crippen molar-refractivity contribution in [1.29, 1.82) is 0 Å². The van der Waals surface area contributed by atoms with Crippen molar-refractivity contribution in [2.24, 2.45) is 11.5 Å². The molecule has 37 heavy (non-hydrogen) atoms. The molecule has 3 aliphatic heterocycles. The molecule has 0 bridgehead atoms. The number of hydrogen-bond acceptors (Lipinski definition) is 12. The molecule has 2 saturated heterocycles. The average molecular weight is 546 g/mol. The maximum absolute atomic E-state index is 6.53. The first-order valence-corrected chi connectivity index (χ1v) is 14.5. The maximum atomic E-state index is 6.53. The minimum Gasteiger partial charge on any atom is -0.474 e. The molecule has 0 spiro atoms. The highest BCUT2D eigenvalue weighted by Crippen LogP contribution is 2.30. The number of para-hydroxylation sites is 1. The van der Waals surface area contributed by atoms with E-state index in [2.05, 4.69) is 36.8 Å². The Morgan fingerprint density at radius 3 is 2.81 bits per heavy atom. The van der Waals surface area contributed by atoms with Crippen molar-refractivity contribution in [1.82, 2.24) is 25.2 Å². The van der Waals surface area contributed by atoms with Gasteiger partial charge in [0.1, 0.15) is 35.5 Å². The molecular weight excluding hydrogens is 510 g/mol. The van der Waals surface area contributed by atoms with Crippen LogP contribution in [-0.2, 0) is 0 Å². The van der Waals surface area contributed by atoms with E-state index in [0.29, 0.717) is 41.8 Å². The van der Waals surface area contributed by atoms with Gasteiger partial charge in [-0.3, -0.25) is 9.80 Å². The minimum atomic E-state index is 0.341. The third-order valence-corrected chi connectivity index (χ3v) is 7.87. The Morgan fingerprint density at radius 1 is 1.19 bits per heavy atom. The Balaban J connectivity index is 1.16. The van der Waals surface area contributed by atoms with Gasteiger partial charge in [0.25, 0.3) is 5.88 Å². The van der Waals surface area contributed by atoms with E-state index in [1.165, 1.54) is 19.1 Å². The molecule has 1 aromatic carbocycles. The molecule has 1 unspecified atom stereocenters. The summed E-state index contributed by atoms with van der Waals surface area (Å²) in [5.41, 5.74) is 15.3. The Bertz CT molecular complexity index is 1090. The molecule has 5 rings (SSSR count). The first-order valence-electron chi connectivity index (χ1n) is 12.7.